The molecule has 0 bridgehead atoms. The highest BCUT2D eigenvalue weighted by molar-refractivity contribution is 6.03. The second-order valence-corrected chi connectivity index (χ2v) is 7.33. The van der Waals surface area contributed by atoms with Crippen LogP contribution >= 0.6 is 0 Å². The molecule has 1 fully saturated rings. The van der Waals surface area contributed by atoms with Gasteiger partial charge in [-0.15, -0.1) is 0 Å². The number of amides is 2. The Labute approximate surface area is 163 Å². The first-order valence-electron chi connectivity index (χ1n) is 9.21. The van der Waals surface area contributed by atoms with Crippen molar-refractivity contribution in [2.45, 2.75) is 13.3 Å². The molecule has 1 N–H and O–H groups in total. The maximum absolute atomic E-state index is 12.8. The average Bonchev–Trinajstić information content (AvgIpc) is 3.28. The number of ether oxygens (including phenoxy) is 2. The second-order valence-electron chi connectivity index (χ2n) is 7.33. The number of hydrogen-bond donors (Lipinski definition) is 1. The van der Waals surface area contributed by atoms with Gasteiger partial charge in [-0.3, -0.25) is 9.59 Å². The Hall–Kier alpha value is -3.22. The molecular weight excluding hydrogens is 358 g/mol. The van der Waals surface area contributed by atoms with Gasteiger partial charge in [-0.25, -0.2) is 0 Å². The third-order valence-electron chi connectivity index (χ3n) is 5.15. The quantitative estimate of drug-likeness (QED) is 0.882. The van der Waals surface area contributed by atoms with Crippen molar-refractivity contribution in [3.63, 3.8) is 0 Å². The van der Waals surface area contributed by atoms with Crippen molar-refractivity contribution in [2.24, 2.45) is 5.92 Å². The van der Waals surface area contributed by atoms with Crippen LogP contribution in [0.4, 0.5) is 17.1 Å². The number of nitrogens with zero attached hydrogens (tertiary/aromatic N) is 2. The smallest absolute Gasteiger partial charge is 0.231 e. The molecule has 146 valence electrons. The lowest BCUT2D eigenvalue weighted by Crippen LogP contribution is -2.28. The molecule has 2 aromatic carbocycles. The van der Waals surface area contributed by atoms with Crippen molar-refractivity contribution in [1.29, 1.82) is 0 Å². The first kappa shape index (κ1) is 18.2. The summed E-state index contributed by atoms with van der Waals surface area (Å²) in [6, 6.07) is 11.3. The van der Waals surface area contributed by atoms with Crippen LogP contribution in [-0.4, -0.2) is 39.2 Å². The van der Waals surface area contributed by atoms with E-state index < -0.39 is 5.92 Å². The van der Waals surface area contributed by atoms with Gasteiger partial charge in [-0.1, -0.05) is 0 Å². The molecule has 2 aliphatic heterocycles. The van der Waals surface area contributed by atoms with Crippen molar-refractivity contribution < 1.29 is 19.1 Å². The van der Waals surface area contributed by atoms with Crippen LogP contribution in [0.15, 0.2) is 36.4 Å². The van der Waals surface area contributed by atoms with Crippen LogP contribution in [0.2, 0.25) is 0 Å². The van der Waals surface area contributed by atoms with E-state index in [0.717, 1.165) is 22.6 Å². The Bertz CT molecular complexity index is 941. The molecule has 2 heterocycles. The number of carbonyl (C=O) groups is 2. The summed E-state index contributed by atoms with van der Waals surface area (Å²) in [7, 11) is 3.95. The summed E-state index contributed by atoms with van der Waals surface area (Å²) in [4.78, 5) is 28.9. The molecular formula is C21H23N3O4. The topological polar surface area (TPSA) is 71.1 Å². The van der Waals surface area contributed by atoms with Gasteiger partial charge in [-0.2, -0.15) is 0 Å². The number of anilines is 3. The molecule has 2 amide bonds. The zero-order valence-corrected chi connectivity index (χ0v) is 16.2. The molecule has 7 nitrogen and oxygen atoms in total. The molecule has 1 saturated heterocycles. The van der Waals surface area contributed by atoms with Crippen LogP contribution in [0, 0.1) is 12.8 Å². The number of nitrogens with one attached hydrogen (secondary N) is 1. The minimum Gasteiger partial charge on any atom is -0.454 e. The summed E-state index contributed by atoms with van der Waals surface area (Å²) in [5, 5.41) is 2.97. The molecule has 4 rings (SSSR count). The van der Waals surface area contributed by atoms with Gasteiger partial charge in [0.25, 0.3) is 0 Å². The first-order valence-corrected chi connectivity index (χ1v) is 9.21. The molecule has 1 unspecified atom stereocenters. The van der Waals surface area contributed by atoms with Crippen LogP contribution < -0.4 is 24.6 Å². The highest BCUT2D eigenvalue weighted by Crippen LogP contribution is 2.37. The Morgan fingerprint density at radius 3 is 2.68 bits per heavy atom. The van der Waals surface area contributed by atoms with Gasteiger partial charge >= 0.3 is 0 Å². The summed E-state index contributed by atoms with van der Waals surface area (Å²) in [6.07, 6.45) is 0.190. The Kier molecular flexibility index (Phi) is 4.58. The minimum atomic E-state index is -0.397. The summed E-state index contributed by atoms with van der Waals surface area (Å²) < 4.78 is 10.7. The van der Waals surface area contributed by atoms with E-state index >= 15 is 0 Å². The molecule has 1 atom stereocenters. The van der Waals surface area contributed by atoms with E-state index in [2.05, 4.69) is 5.32 Å². The van der Waals surface area contributed by atoms with Crippen molar-refractivity contribution in [1.82, 2.24) is 0 Å². The normalized spacial score (nSPS) is 17.8. The minimum absolute atomic E-state index is 0.0707. The summed E-state index contributed by atoms with van der Waals surface area (Å²) >= 11 is 0. The van der Waals surface area contributed by atoms with E-state index in [-0.39, 0.29) is 25.0 Å². The lowest BCUT2D eigenvalue weighted by Gasteiger charge is -2.18. The maximum atomic E-state index is 12.8. The predicted octanol–water partition coefficient (Wildman–Crippen LogP) is 2.78. The van der Waals surface area contributed by atoms with E-state index in [1.807, 2.05) is 50.2 Å². The number of aryl methyl sites for hydroxylation is 1. The number of fused-ring (bicyclic) bond motifs is 1. The van der Waals surface area contributed by atoms with Gasteiger partial charge in [-0.05, 0) is 42.8 Å². The summed E-state index contributed by atoms with van der Waals surface area (Å²) in [5.41, 5.74) is 3.54. The van der Waals surface area contributed by atoms with Gasteiger partial charge in [0.1, 0.15) is 0 Å². The second kappa shape index (κ2) is 7.07. The van der Waals surface area contributed by atoms with E-state index in [0.29, 0.717) is 18.0 Å². The van der Waals surface area contributed by atoms with Crippen LogP contribution in [0.25, 0.3) is 0 Å². The summed E-state index contributed by atoms with van der Waals surface area (Å²) in [5.74, 6) is 0.679. The highest BCUT2D eigenvalue weighted by atomic mass is 16.7. The molecule has 0 aliphatic carbocycles. The molecule has 0 aromatic heterocycles. The molecule has 0 spiro atoms. The number of benzene rings is 2. The van der Waals surface area contributed by atoms with Gasteiger partial charge in [0, 0.05) is 50.2 Å². The van der Waals surface area contributed by atoms with Crippen LogP contribution in [0.3, 0.4) is 0 Å². The fourth-order valence-electron chi connectivity index (χ4n) is 3.49. The zero-order valence-electron chi connectivity index (χ0n) is 16.2. The van der Waals surface area contributed by atoms with E-state index in [1.54, 1.807) is 17.0 Å². The molecule has 7 heteroatoms. The number of rotatable bonds is 4. The lowest BCUT2D eigenvalue weighted by molar-refractivity contribution is -0.122. The van der Waals surface area contributed by atoms with Gasteiger partial charge in [0.15, 0.2) is 11.5 Å². The van der Waals surface area contributed by atoms with E-state index in [4.69, 9.17) is 9.47 Å². The van der Waals surface area contributed by atoms with Gasteiger partial charge in [0.2, 0.25) is 18.6 Å². The van der Waals surface area contributed by atoms with Crippen LogP contribution in [-0.2, 0) is 9.59 Å². The molecule has 2 aromatic rings. The van der Waals surface area contributed by atoms with Gasteiger partial charge < -0.3 is 24.6 Å². The van der Waals surface area contributed by atoms with E-state index in [1.165, 1.54) is 0 Å². The van der Waals surface area contributed by atoms with E-state index in [9.17, 15) is 9.59 Å². The largest absolute Gasteiger partial charge is 0.454 e. The monoisotopic (exact) mass is 381 g/mol. The maximum Gasteiger partial charge on any atom is 0.231 e. The molecule has 0 radical (unpaired) electrons. The average molecular weight is 381 g/mol. The number of hydrogen-bond acceptors (Lipinski definition) is 5. The summed E-state index contributed by atoms with van der Waals surface area (Å²) in [6.45, 7) is 2.49. The SMILES string of the molecule is Cc1cc(N(C)C)ccc1NC(=O)C1CC(=O)N(c2ccc3c(c2)OCO3)C1. The Balaban J connectivity index is 1.46. The third kappa shape index (κ3) is 3.35. The van der Waals surface area contributed by atoms with Crippen LogP contribution in [0.5, 0.6) is 11.5 Å². The predicted molar refractivity (Wildman–Crippen MR) is 107 cm³/mol. The van der Waals surface area contributed by atoms with Crippen molar-refractivity contribution in [3.05, 3.63) is 42.0 Å². The van der Waals surface area contributed by atoms with Crippen molar-refractivity contribution >= 4 is 28.9 Å². The Morgan fingerprint density at radius 1 is 1.14 bits per heavy atom. The molecule has 0 saturated carbocycles. The van der Waals surface area contributed by atoms with Gasteiger partial charge in [0.05, 0.1) is 5.92 Å². The molecule has 2 aliphatic rings. The first-order chi connectivity index (χ1) is 13.4. The standard InChI is InChI=1S/C21H23N3O4/c1-13-8-15(23(2)3)4-6-17(13)22-21(26)14-9-20(25)24(11-14)16-5-7-18-19(10-16)28-12-27-18/h4-8,10,14H,9,11-12H2,1-3H3,(H,22,26). The molecule has 28 heavy (non-hydrogen) atoms. The van der Waals surface area contributed by atoms with Crippen molar-refractivity contribution in [2.75, 3.05) is 42.5 Å². The fraction of sp³-hybridized carbons (Fsp3) is 0.333. The highest BCUT2D eigenvalue weighted by Gasteiger charge is 2.35. The third-order valence-corrected chi connectivity index (χ3v) is 5.15. The van der Waals surface area contributed by atoms with Crippen LogP contribution in [0.1, 0.15) is 12.0 Å². The fourth-order valence-corrected chi connectivity index (χ4v) is 3.49. The Morgan fingerprint density at radius 2 is 1.93 bits per heavy atom. The lowest BCUT2D eigenvalue weighted by atomic mass is 10.1. The van der Waals surface area contributed by atoms with Crippen molar-refractivity contribution in [3.8, 4) is 11.5 Å². The zero-order chi connectivity index (χ0) is 19.8. The number of carbonyl (C=O) groups excluding carboxylic acids is 2.